The van der Waals surface area contributed by atoms with Gasteiger partial charge in [-0.2, -0.15) is 0 Å². The van der Waals surface area contributed by atoms with Crippen LogP contribution in [0.1, 0.15) is 24.9 Å². The van der Waals surface area contributed by atoms with Gasteiger partial charge in [-0.3, -0.25) is 9.69 Å². The minimum absolute atomic E-state index is 0.0156. The second-order valence-corrected chi connectivity index (χ2v) is 4.63. The van der Waals surface area contributed by atoms with Crippen molar-refractivity contribution in [1.82, 2.24) is 4.90 Å². The predicted molar refractivity (Wildman–Crippen MR) is 62.1 cm³/mol. The first-order valence-electron chi connectivity index (χ1n) is 5.79. The van der Waals surface area contributed by atoms with Crippen molar-refractivity contribution >= 4 is 5.97 Å². The van der Waals surface area contributed by atoms with Gasteiger partial charge in [-0.15, -0.1) is 0 Å². The molecule has 0 saturated carbocycles. The van der Waals surface area contributed by atoms with E-state index in [1.165, 1.54) is 12.1 Å². The molecule has 2 atom stereocenters. The highest BCUT2D eigenvalue weighted by Crippen LogP contribution is 2.36. The fourth-order valence-corrected chi connectivity index (χ4v) is 2.61. The Bertz CT molecular complexity index is 422. The maximum atomic E-state index is 13.2. The molecule has 2 rings (SSSR count). The minimum atomic E-state index is -0.833. The number of nitrogens with zero attached hydrogens (tertiary/aromatic N) is 1. The van der Waals surface area contributed by atoms with Crippen molar-refractivity contribution in [3.8, 4) is 0 Å². The highest BCUT2D eigenvalue weighted by atomic mass is 19.1. The molecule has 0 bridgehead atoms. The predicted octanol–water partition coefficient (Wildman–Crippen LogP) is 2.29. The van der Waals surface area contributed by atoms with Crippen molar-refractivity contribution < 1.29 is 14.3 Å². The van der Waals surface area contributed by atoms with Crippen molar-refractivity contribution in [2.45, 2.75) is 19.4 Å². The SMILES string of the molecule is CC1CCN(CC(=O)O)C1c1cccc(F)c1. The van der Waals surface area contributed by atoms with E-state index in [1.54, 1.807) is 6.07 Å². The number of benzene rings is 1. The van der Waals surface area contributed by atoms with Gasteiger partial charge in [0.05, 0.1) is 6.54 Å². The van der Waals surface area contributed by atoms with E-state index < -0.39 is 5.97 Å². The molecule has 4 heteroatoms. The zero-order valence-corrected chi connectivity index (χ0v) is 9.77. The Morgan fingerprint density at radius 3 is 3.00 bits per heavy atom. The molecule has 0 aromatic heterocycles. The summed E-state index contributed by atoms with van der Waals surface area (Å²) < 4.78 is 13.2. The summed E-state index contributed by atoms with van der Waals surface area (Å²) in [5.41, 5.74) is 0.872. The van der Waals surface area contributed by atoms with E-state index in [2.05, 4.69) is 6.92 Å². The smallest absolute Gasteiger partial charge is 0.317 e. The second-order valence-electron chi connectivity index (χ2n) is 4.63. The Hall–Kier alpha value is -1.42. The van der Waals surface area contributed by atoms with Crippen LogP contribution < -0.4 is 0 Å². The van der Waals surface area contributed by atoms with Gasteiger partial charge in [-0.25, -0.2) is 4.39 Å². The van der Waals surface area contributed by atoms with Crippen molar-refractivity contribution in [1.29, 1.82) is 0 Å². The van der Waals surface area contributed by atoms with Gasteiger partial charge in [-0.1, -0.05) is 19.1 Å². The van der Waals surface area contributed by atoms with Crippen molar-refractivity contribution in [3.05, 3.63) is 35.6 Å². The molecular formula is C13H16FNO2. The quantitative estimate of drug-likeness (QED) is 0.876. The van der Waals surface area contributed by atoms with Crippen LogP contribution in [0.15, 0.2) is 24.3 Å². The lowest BCUT2D eigenvalue weighted by Gasteiger charge is -2.25. The van der Waals surface area contributed by atoms with Gasteiger partial charge in [0.25, 0.3) is 0 Å². The average molecular weight is 237 g/mol. The van der Waals surface area contributed by atoms with E-state index in [0.29, 0.717) is 5.92 Å². The average Bonchev–Trinajstić information content (AvgIpc) is 2.59. The molecular weight excluding hydrogens is 221 g/mol. The molecule has 0 aliphatic carbocycles. The molecule has 1 aromatic carbocycles. The van der Waals surface area contributed by atoms with Gasteiger partial charge < -0.3 is 5.11 Å². The Balaban J connectivity index is 2.24. The number of hydrogen-bond donors (Lipinski definition) is 1. The third kappa shape index (κ3) is 2.64. The van der Waals surface area contributed by atoms with Crippen molar-refractivity contribution in [3.63, 3.8) is 0 Å². The number of carboxylic acid groups (broad SMARTS) is 1. The number of hydrogen-bond acceptors (Lipinski definition) is 2. The molecule has 0 radical (unpaired) electrons. The lowest BCUT2D eigenvalue weighted by molar-refractivity contribution is -0.138. The van der Waals surface area contributed by atoms with E-state index in [0.717, 1.165) is 18.5 Å². The van der Waals surface area contributed by atoms with Crippen LogP contribution in [0.5, 0.6) is 0 Å². The summed E-state index contributed by atoms with van der Waals surface area (Å²) in [7, 11) is 0. The summed E-state index contributed by atoms with van der Waals surface area (Å²) >= 11 is 0. The third-order valence-corrected chi connectivity index (χ3v) is 3.33. The van der Waals surface area contributed by atoms with E-state index in [-0.39, 0.29) is 18.4 Å². The van der Waals surface area contributed by atoms with Crippen molar-refractivity contribution in [2.75, 3.05) is 13.1 Å². The first kappa shape index (κ1) is 12.0. The van der Waals surface area contributed by atoms with Crippen LogP contribution in [0.25, 0.3) is 0 Å². The lowest BCUT2D eigenvalue weighted by Crippen LogP contribution is -2.30. The molecule has 1 N–H and O–H groups in total. The summed E-state index contributed by atoms with van der Waals surface area (Å²) in [6.45, 7) is 2.86. The highest BCUT2D eigenvalue weighted by molar-refractivity contribution is 5.69. The van der Waals surface area contributed by atoms with Crippen molar-refractivity contribution in [2.24, 2.45) is 5.92 Å². The van der Waals surface area contributed by atoms with E-state index >= 15 is 0 Å². The maximum Gasteiger partial charge on any atom is 0.317 e. The molecule has 1 saturated heterocycles. The first-order chi connectivity index (χ1) is 8.08. The summed E-state index contributed by atoms with van der Waals surface area (Å²) in [6.07, 6.45) is 0.953. The molecule has 92 valence electrons. The summed E-state index contributed by atoms with van der Waals surface area (Å²) in [6, 6.07) is 6.47. The Kier molecular flexibility index (Phi) is 3.43. The van der Waals surface area contributed by atoms with Crippen LogP contribution in [0.4, 0.5) is 4.39 Å². The summed E-state index contributed by atoms with van der Waals surface area (Å²) in [5, 5.41) is 8.86. The molecule has 0 spiro atoms. The second kappa shape index (κ2) is 4.84. The lowest BCUT2D eigenvalue weighted by atomic mass is 9.95. The van der Waals surface area contributed by atoms with Crippen LogP contribution in [0.3, 0.4) is 0 Å². The Morgan fingerprint density at radius 1 is 1.59 bits per heavy atom. The fourth-order valence-electron chi connectivity index (χ4n) is 2.61. The number of carbonyl (C=O) groups is 1. The fraction of sp³-hybridized carbons (Fsp3) is 0.462. The highest BCUT2D eigenvalue weighted by Gasteiger charge is 2.33. The normalized spacial score (nSPS) is 25.1. The van der Waals surface area contributed by atoms with Crippen LogP contribution >= 0.6 is 0 Å². The Labute approximate surface area is 99.9 Å². The number of halogens is 1. The topological polar surface area (TPSA) is 40.5 Å². The van der Waals surface area contributed by atoms with Crippen LogP contribution in [0, 0.1) is 11.7 Å². The van der Waals surface area contributed by atoms with Crippen LogP contribution in [-0.4, -0.2) is 29.1 Å². The first-order valence-corrected chi connectivity index (χ1v) is 5.79. The minimum Gasteiger partial charge on any atom is -0.480 e. The van der Waals surface area contributed by atoms with Gasteiger partial charge in [-0.05, 0) is 36.6 Å². The van der Waals surface area contributed by atoms with Gasteiger partial charge in [0, 0.05) is 6.04 Å². The molecule has 1 aliphatic rings. The largest absolute Gasteiger partial charge is 0.480 e. The Morgan fingerprint density at radius 2 is 2.35 bits per heavy atom. The number of rotatable bonds is 3. The van der Waals surface area contributed by atoms with Gasteiger partial charge in [0.2, 0.25) is 0 Å². The molecule has 1 heterocycles. The number of likely N-dealkylation sites (tertiary alicyclic amines) is 1. The molecule has 1 aromatic rings. The van der Waals surface area contributed by atoms with Crippen LogP contribution in [0.2, 0.25) is 0 Å². The van der Waals surface area contributed by atoms with Gasteiger partial charge in [0.1, 0.15) is 5.82 Å². The zero-order valence-electron chi connectivity index (χ0n) is 9.77. The molecule has 1 fully saturated rings. The molecule has 0 amide bonds. The molecule has 17 heavy (non-hydrogen) atoms. The maximum absolute atomic E-state index is 13.2. The van der Waals surface area contributed by atoms with E-state index in [4.69, 9.17) is 5.11 Å². The third-order valence-electron chi connectivity index (χ3n) is 3.33. The van der Waals surface area contributed by atoms with Gasteiger partial charge >= 0.3 is 5.97 Å². The summed E-state index contributed by atoms with van der Waals surface area (Å²) in [4.78, 5) is 12.7. The van der Waals surface area contributed by atoms with E-state index in [1.807, 2.05) is 11.0 Å². The molecule has 3 nitrogen and oxygen atoms in total. The molecule has 1 aliphatic heterocycles. The zero-order chi connectivity index (χ0) is 12.4. The number of aliphatic carboxylic acids is 1. The van der Waals surface area contributed by atoms with E-state index in [9.17, 15) is 9.18 Å². The van der Waals surface area contributed by atoms with Crippen LogP contribution in [-0.2, 0) is 4.79 Å². The number of carboxylic acids is 1. The summed E-state index contributed by atoms with van der Waals surface area (Å²) in [5.74, 6) is -0.742. The molecule has 2 unspecified atom stereocenters. The van der Waals surface area contributed by atoms with Gasteiger partial charge in [0.15, 0.2) is 0 Å². The standard InChI is InChI=1S/C13H16FNO2/c1-9-5-6-15(8-12(16)17)13(9)10-3-2-4-11(14)7-10/h2-4,7,9,13H,5-6,8H2,1H3,(H,16,17). The monoisotopic (exact) mass is 237 g/mol.